The van der Waals surface area contributed by atoms with Gasteiger partial charge in [-0.05, 0) is 36.6 Å². The molecule has 0 unspecified atom stereocenters. The van der Waals surface area contributed by atoms with Crippen LogP contribution in [0.4, 0.5) is 10.1 Å². The Morgan fingerprint density at radius 2 is 1.84 bits per heavy atom. The number of hydrogen-bond acceptors (Lipinski definition) is 2. The van der Waals surface area contributed by atoms with E-state index in [1.165, 1.54) is 0 Å². The molecule has 2 aromatic carbocycles. The lowest BCUT2D eigenvalue weighted by Gasteiger charge is -2.18. The van der Waals surface area contributed by atoms with Crippen molar-refractivity contribution in [3.05, 3.63) is 59.9 Å². The molecule has 3 aromatic rings. The van der Waals surface area contributed by atoms with Crippen LogP contribution in [0.5, 0.6) is 0 Å². The molecule has 0 spiro atoms. The first-order chi connectivity index (χ1) is 12.3. The molecule has 5 heteroatoms. The molecule has 1 aliphatic heterocycles. The zero-order valence-corrected chi connectivity index (χ0v) is 14.0. The average molecular weight is 337 g/mol. The van der Waals surface area contributed by atoms with Crippen LogP contribution in [0.3, 0.4) is 0 Å². The van der Waals surface area contributed by atoms with Gasteiger partial charge < -0.3 is 9.47 Å². The van der Waals surface area contributed by atoms with Gasteiger partial charge in [-0.2, -0.15) is 0 Å². The van der Waals surface area contributed by atoms with Crippen LogP contribution in [-0.4, -0.2) is 22.1 Å². The topological polar surface area (TPSA) is 38.1 Å². The van der Waals surface area contributed by atoms with Crippen molar-refractivity contribution in [1.82, 2.24) is 9.55 Å². The Bertz CT molecular complexity index is 918. The van der Waals surface area contributed by atoms with E-state index >= 15 is 0 Å². The summed E-state index contributed by atoms with van der Waals surface area (Å²) in [4.78, 5) is 19.0. The van der Waals surface area contributed by atoms with E-state index in [1.807, 2.05) is 53.4 Å². The number of halogens is 1. The van der Waals surface area contributed by atoms with Gasteiger partial charge in [0.15, 0.2) is 0 Å². The molecule has 2 heterocycles. The molecular formula is C20H20FN3O. The maximum Gasteiger partial charge on any atom is 0.231 e. The summed E-state index contributed by atoms with van der Waals surface area (Å²) < 4.78 is 14.6. The van der Waals surface area contributed by atoms with E-state index in [1.54, 1.807) is 0 Å². The number of aryl methyl sites for hydroxylation is 1. The number of hydrogen-bond donors (Lipinski definition) is 0. The van der Waals surface area contributed by atoms with Crippen molar-refractivity contribution in [3.8, 4) is 0 Å². The smallest absolute Gasteiger partial charge is 0.231 e. The van der Waals surface area contributed by atoms with Crippen LogP contribution in [0.1, 0.15) is 24.2 Å². The summed E-state index contributed by atoms with van der Waals surface area (Å²) in [6.07, 6.45) is 1.74. The number of nitrogens with zero attached hydrogens (tertiary/aromatic N) is 3. The predicted octanol–water partition coefficient (Wildman–Crippen LogP) is 3.88. The quantitative estimate of drug-likeness (QED) is 0.640. The van der Waals surface area contributed by atoms with E-state index in [2.05, 4.69) is 4.57 Å². The van der Waals surface area contributed by atoms with Crippen LogP contribution < -0.4 is 4.90 Å². The highest BCUT2D eigenvalue weighted by molar-refractivity contribution is 6.01. The number of amides is 1. The number of para-hydroxylation sites is 3. The van der Waals surface area contributed by atoms with E-state index in [9.17, 15) is 9.18 Å². The Morgan fingerprint density at radius 1 is 1.04 bits per heavy atom. The molecule has 4 nitrogen and oxygen atoms in total. The summed E-state index contributed by atoms with van der Waals surface area (Å²) >= 11 is 0. The monoisotopic (exact) mass is 337 g/mol. The summed E-state index contributed by atoms with van der Waals surface area (Å²) in [5, 5.41) is 0. The fourth-order valence-corrected chi connectivity index (χ4v) is 3.49. The van der Waals surface area contributed by atoms with E-state index in [0.717, 1.165) is 34.5 Å². The molecule has 0 radical (unpaired) electrons. The van der Waals surface area contributed by atoms with Gasteiger partial charge in [0.25, 0.3) is 0 Å². The molecule has 25 heavy (non-hydrogen) atoms. The minimum atomic E-state index is -0.306. The van der Waals surface area contributed by atoms with Crippen molar-refractivity contribution in [1.29, 1.82) is 0 Å². The van der Waals surface area contributed by atoms with Gasteiger partial charge in [0.1, 0.15) is 5.82 Å². The van der Waals surface area contributed by atoms with Gasteiger partial charge in [-0.15, -0.1) is 0 Å². The lowest BCUT2D eigenvalue weighted by atomic mass is 10.2. The third-order valence-corrected chi connectivity index (χ3v) is 4.72. The minimum Gasteiger partial charge on any atom is -0.326 e. The van der Waals surface area contributed by atoms with E-state index < -0.39 is 0 Å². The zero-order valence-electron chi connectivity index (χ0n) is 14.0. The maximum atomic E-state index is 12.5. The Kier molecular flexibility index (Phi) is 4.22. The highest BCUT2D eigenvalue weighted by Gasteiger charge is 2.28. The highest BCUT2D eigenvalue weighted by Crippen LogP contribution is 2.30. The first-order valence-corrected chi connectivity index (χ1v) is 8.66. The molecule has 0 saturated heterocycles. The van der Waals surface area contributed by atoms with Crippen molar-refractivity contribution >= 4 is 22.6 Å². The molecular weight excluding hydrogens is 317 g/mol. The second-order valence-corrected chi connectivity index (χ2v) is 6.35. The third-order valence-electron chi connectivity index (χ3n) is 4.72. The van der Waals surface area contributed by atoms with Crippen molar-refractivity contribution in [3.63, 3.8) is 0 Å². The second kappa shape index (κ2) is 6.67. The van der Waals surface area contributed by atoms with E-state index in [4.69, 9.17) is 4.98 Å². The van der Waals surface area contributed by atoms with Crippen molar-refractivity contribution < 1.29 is 9.18 Å². The Balaban J connectivity index is 1.69. The fraction of sp³-hybridized carbons (Fsp3) is 0.300. The van der Waals surface area contributed by atoms with Gasteiger partial charge in [0.2, 0.25) is 5.91 Å². The number of imidazole rings is 1. The molecule has 1 aromatic heterocycles. The number of rotatable bonds is 6. The molecule has 1 amide bonds. The molecule has 0 N–H and O–H groups in total. The Hall–Kier alpha value is -2.69. The predicted molar refractivity (Wildman–Crippen MR) is 96.3 cm³/mol. The summed E-state index contributed by atoms with van der Waals surface area (Å²) in [5.41, 5.74) is 3.98. The minimum absolute atomic E-state index is 0.101. The van der Waals surface area contributed by atoms with Gasteiger partial charge in [0, 0.05) is 12.2 Å². The molecule has 0 fully saturated rings. The molecule has 0 aliphatic carbocycles. The largest absolute Gasteiger partial charge is 0.326 e. The van der Waals surface area contributed by atoms with Crippen LogP contribution in [0, 0.1) is 0 Å². The van der Waals surface area contributed by atoms with Gasteiger partial charge in [-0.3, -0.25) is 9.18 Å². The van der Waals surface area contributed by atoms with Gasteiger partial charge in [-0.1, -0.05) is 30.3 Å². The number of aromatic nitrogens is 2. The molecule has 128 valence electrons. The Labute approximate surface area is 145 Å². The summed E-state index contributed by atoms with van der Waals surface area (Å²) in [6, 6.07) is 15.8. The number of unbranched alkanes of at least 4 members (excludes halogenated alkanes) is 1. The van der Waals surface area contributed by atoms with Crippen LogP contribution in [0.25, 0.3) is 11.0 Å². The maximum absolute atomic E-state index is 12.5. The number of benzene rings is 2. The molecule has 0 bridgehead atoms. The van der Waals surface area contributed by atoms with Gasteiger partial charge in [0.05, 0.1) is 30.7 Å². The lowest BCUT2D eigenvalue weighted by molar-refractivity contribution is -0.117. The van der Waals surface area contributed by atoms with E-state index in [-0.39, 0.29) is 12.6 Å². The summed E-state index contributed by atoms with van der Waals surface area (Å²) in [5.74, 6) is 0.952. The first kappa shape index (κ1) is 15.8. The lowest BCUT2D eigenvalue weighted by Crippen LogP contribution is -2.27. The standard InChI is InChI=1S/C20H20FN3O/c21-11-5-6-12-23-18-10-4-2-8-16(18)22-19(23)14-24-17-9-3-1-7-15(17)13-20(24)25/h1-4,7-10H,5-6,11-14H2. The zero-order chi connectivity index (χ0) is 17.2. The van der Waals surface area contributed by atoms with Gasteiger partial charge >= 0.3 is 0 Å². The van der Waals surface area contributed by atoms with Crippen LogP contribution >= 0.6 is 0 Å². The number of anilines is 1. The fourth-order valence-electron chi connectivity index (χ4n) is 3.49. The Morgan fingerprint density at radius 3 is 2.72 bits per heavy atom. The van der Waals surface area contributed by atoms with E-state index in [0.29, 0.717) is 25.9 Å². The van der Waals surface area contributed by atoms with Gasteiger partial charge in [-0.25, -0.2) is 4.98 Å². The number of carbonyl (C=O) groups is 1. The summed E-state index contributed by atoms with van der Waals surface area (Å²) in [7, 11) is 0. The van der Waals surface area contributed by atoms with Crippen molar-refractivity contribution in [2.45, 2.75) is 32.4 Å². The second-order valence-electron chi connectivity index (χ2n) is 6.35. The number of alkyl halides is 1. The van der Waals surface area contributed by atoms with Crippen LogP contribution in [0.2, 0.25) is 0 Å². The SMILES string of the molecule is O=C1Cc2ccccc2N1Cc1nc2ccccc2n1CCCCF. The average Bonchev–Trinajstić information content (AvgIpc) is 3.13. The van der Waals surface area contributed by atoms with Crippen LogP contribution in [0.15, 0.2) is 48.5 Å². The van der Waals surface area contributed by atoms with Crippen LogP contribution in [-0.2, 0) is 24.3 Å². The molecule has 0 saturated carbocycles. The normalized spacial score (nSPS) is 13.6. The van der Waals surface area contributed by atoms with Crippen molar-refractivity contribution in [2.75, 3.05) is 11.6 Å². The summed E-state index contributed by atoms with van der Waals surface area (Å²) in [6.45, 7) is 0.851. The molecule has 0 atom stereocenters. The number of carbonyl (C=O) groups excluding carboxylic acids is 1. The number of fused-ring (bicyclic) bond motifs is 2. The van der Waals surface area contributed by atoms with Crippen molar-refractivity contribution in [2.24, 2.45) is 0 Å². The molecule has 4 rings (SSSR count). The first-order valence-electron chi connectivity index (χ1n) is 8.66. The third kappa shape index (κ3) is 2.90. The highest BCUT2D eigenvalue weighted by atomic mass is 19.1. The molecule has 1 aliphatic rings.